The number of carbonyl (C=O) groups is 1. The standard InChI is InChI=1S/C24H23N3O3/c1-4-29-23-14-20(10-11-22(23)30-16-19-8-6-5-7-9-19)13-21(15-25)24(28)27-18(3)12-17(2)26-27/h5-14H,4,16H2,1-3H3/b21-13+. The summed E-state index contributed by atoms with van der Waals surface area (Å²) in [5.41, 5.74) is 3.10. The molecule has 0 atom stereocenters. The SMILES string of the molecule is CCOc1cc(/C=C(\C#N)C(=O)n2nc(C)cc2C)ccc1OCc1ccccc1. The average molecular weight is 401 g/mol. The molecule has 0 radical (unpaired) electrons. The van der Waals surface area contributed by atoms with Gasteiger partial charge in [-0.1, -0.05) is 36.4 Å². The highest BCUT2D eigenvalue weighted by Crippen LogP contribution is 2.30. The van der Waals surface area contributed by atoms with Crippen molar-refractivity contribution < 1.29 is 14.3 Å². The lowest BCUT2D eigenvalue weighted by molar-refractivity contribution is 0.0943. The first-order chi connectivity index (χ1) is 14.5. The molecule has 2 aromatic carbocycles. The molecule has 0 bridgehead atoms. The molecule has 0 saturated heterocycles. The molecule has 0 amide bonds. The number of ether oxygens (including phenoxy) is 2. The van der Waals surface area contributed by atoms with Gasteiger partial charge in [0.25, 0.3) is 5.91 Å². The van der Waals surface area contributed by atoms with Crippen molar-refractivity contribution in [3.05, 3.63) is 82.7 Å². The van der Waals surface area contributed by atoms with Crippen LogP contribution in [0.3, 0.4) is 0 Å². The van der Waals surface area contributed by atoms with Crippen LogP contribution >= 0.6 is 0 Å². The van der Waals surface area contributed by atoms with Gasteiger partial charge in [0.2, 0.25) is 0 Å². The van der Waals surface area contributed by atoms with Gasteiger partial charge in [0.1, 0.15) is 18.2 Å². The molecule has 0 unspecified atom stereocenters. The summed E-state index contributed by atoms with van der Waals surface area (Å²) in [6.45, 7) is 6.34. The number of aromatic nitrogens is 2. The monoisotopic (exact) mass is 401 g/mol. The predicted molar refractivity (Wildman–Crippen MR) is 114 cm³/mol. The zero-order valence-corrected chi connectivity index (χ0v) is 17.3. The molecular weight excluding hydrogens is 378 g/mol. The van der Waals surface area contributed by atoms with Crippen molar-refractivity contribution in [2.24, 2.45) is 0 Å². The first-order valence-electron chi connectivity index (χ1n) is 9.65. The van der Waals surface area contributed by atoms with Crippen LogP contribution in [0.1, 0.15) is 34.2 Å². The Labute approximate surface area is 176 Å². The maximum absolute atomic E-state index is 12.7. The smallest absolute Gasteiger partial charge is 0.289 e. The summed E-state index contributed by atoms with van der Waals surface area (Å²) >= 11 is 0. The molecule has 0 saturated carbocycles. The lowest BCUT2D eigenvalue weighted by Gasteiger charge is -2.13. The summed E-state index contributed by atoms with van der Waals surface area (Å²) in [5, 5.41) is 13.7. The third kappa shape index (κ3) is 4.95. The Kier molecular flexibility index (Phi) is 6.66. The van der Waals surface area contributed by atoms with E-state index >= 15 is 0 Å². The van der Waals surface area contributed by atoms with Gasteiger partial charge >= 0.3 is 0 Å². The Morgan fingerprint density at radius 2 is 1.87 bits per heavy atom. The lowest BCUT2D eigenvalue weighted by atomic mass is 10.1. The van der Waals surface area contributed by atoms with Gasteiger partial charge in [-0.2, -0.15) is 10.4 Å². The molecule has 3 rings (SSSR count). The number of hydrogen-bond acceptors (Lipinski definition) is 5. The minimum atomic E-state index is -0.467. The number of nitriles is 1. The molecule has 30 heavy (non-hydrogen) atoms. The summed E-state index contributed by atoms with van der Waals surface area (Å²) in [7, 11) is 0. The third-order valence-corrected chi connectivity index (χ3v) is 4.37. The van der Waals surface area contributed by atoms with E-state index < -0.39 is 5.91 Å². The number of allylic oxidation sites excluding steroid dienone is 1. The zero-order chi connectivity index (χ0) is 21.5. The molecule has 1 aromatic heterocycles. The fourth-order valence-corrected chi connectivity index (χ4v) is 2.99. The lowest BCUT2D eigenvalue weighted by Crippen LogP contribution is -2.15. The van der Waals surface area contributed by atoms with Crippen LogP contribution in [0, 0.1) is 25.2 Å². The van der Waals surface area contributed by atoms with Crippen LogP contribution in [0.2, 0.25) is 0 Å². The number of aryl methyl sites for hydroxylation is 2. The van der Waals surface area contributed by atoms with Gasteiger partial charge in [0, 0.05) is 5.69 Å². The second kappa shape index (κ2) is 9.57. The van der Waals surface area contributed by atoms with Crippen LogP contribution in [0.15, 0.2) is 60.2 Å². The van der Waals surface area contributed by atoms with Crippen LogP contribution < -0.4 is 9.47 Å². The maximum atomic E-state index is 12.7. The van der Waals surface area contributed by atoms with Crippen LogP contribution in [-0.2, 0) is 6.61 Å². The number of nitrogens with zero attached hydrogens (tertiary/aromatic N) is 3. The maximum Gasteiger partial charge on any atom is 0.289 e. The third-order valence-electron chi connectivity index (χ3n) is 4.37. The molecule has 0 spiro atoms. The molecule has 0 N–H and O–H groups in total. The van der Waals surface area contributed by atoms with Crippen molar-refractivity contribution >= 4 is 12.0 Å². The minimum absolute atomic E-state index is 0.0124. The first kappa shape index (κ1) is 20.9. The summed E-state index contributed by atoms with van der Waals surface area (Å²) in [6.07, 6.45) is 1.53. The van der Waals surface area contributed by atoms with Crippen molar-refractivity contribution in [2.45, 2.75) is 27.4 Å². The van der Waals surface area contributed by atoms with Gasteiger partial charge in [-0.25, -0.2) is 4.68 Å². The molecule has 0 aliphatic carbocycles. The molecule has 6 nitrogen and oxygen atoms in total. The fraction of sp³-hybridized carbons (Fsp3) is 0.208. The fourth-order valence-electron chi connectivity index (χ4n) is 2.99. The van der Waals surface area contributed by atoms with E-state index in [1.54, 1.807) is 38.1 Å². The molecule has 0 fully saturated rings. The van der Waals surface area contributed by atoms with E-state index in [-0.39, 0.29) is 5.57 Å². The van der Waals surface area contributed by atoms with E-state index in [9.17, 15) is 10.1 Å². The van der Waals surface area contributed by atoms with E-state index in [1.807, 2.05) is 43.3 Å². The van der Waals surface area contributed by atoms with E-state index in [0.29, 0.717) is 36.0 Å². The van der Waals surface area contributed by atoms with Crippen LogP contribution in [0.5, 0.6) is 11.5 Å². The van der Waals surface area contributed by atoms with Crippen LogP contribution in [0.4, 0.5) is 0 Å². The summed E-state index contributed by atoms with van der Waals surface area (Å²) < 4.78 is 12.9. The molecule has 152 valence electrons. The highest BCUT2D eigenvalue weighted by molar-refractivity contribution is 6.03. The van der Waals surface area contributed by atoms with Crippen molar-refractivity contribution in [1.82, 2.24) is 9.78 Å². The van der Waals surface area contributed by atoms with Crippen molar-refractivity contribution in [1.29, 1.82) is 5.26 Å². The molecule has 0 aliphatic heterocycles. The highest BCUT2D eigenvalue weighted by Gasteiger charge is 2.16. The summed E-state index contributed by atoms with van der Waals surface area (Å²) in [4.78, 5) is 12.7. The normalized spacial score (nSPS) is 11.1. The Morgan fingerprint density at radius 1 is 1.10 bits per heavy atom. The number of carbonyl (C=O) groups excluding carboxylic acids is 1. The average Bonchev–Trinajstić information content (AvgIpc) is 3.09. The molecule has 6 heteroatoms. The molecule has 1 heterocycles. The summed E-state index contributed by atoms with van der Waals surface area (Å²) in [5.74, 6) is 0.685. The number of hydrogen-bond donors (Lipinski definition) is 0. The molecule has 0 aliphatic rings. The summed E-state index contributed by atoms with van der Waals surface area (Å²) in [6, 6.07) is 18.9. The quantitative estimate of drug-likeness (QED) is 0.423. The molecular formula is C24H23N3O3. The predicted octanol–water partition coefficient (Wildman–Crippen LogP) is 4.73. The van der Waals surface area contributed by atoms with Crippen LogP contribution in [-0.4, -0.2) is 22.3 Å². The first-order valence-corrected chi connectivity index (χ1v) is 9.65. The van der Waals surface area contributed by atoms with Gasteiger partial charge < -0.3 is 9.47 Å². The number of benzene rings is 2. The minimum Gasteiger partial charge on any atom is -0.490 e. The van der Waals surface area contributed by atoms with Crippen molar-refractivity contribution in [2.75, 3.05) is 6.61 Å². The highest BCUT2D eigenvalue weighted by atomic mass is 16.5. The van der Waals surface area contributed by atoms with Gasteiger partial charge in [0.05, 0.1) is 12.3 Å². The molecule has 3 aromatic rings. The van der Waals surface area contributed by atoms with E-state index in [4.69, 9.17) is 9.47 Å². The van der Waals surface area contributed by atoms with Crippen molar-refractivity contribution in [3.63, 3.8) is 0 Å². The Hall–Kier alpha value is -3.85. The topological polar surface area (TPSA) is 77.1 Å². The Balaban J connectivity index is 1.86. The number of rotatable bonds is 7. The Morgan fingerprint density at radius 3 is 2.50 bits per heavy atom. The van der Waals surface area contributed by atoms with Crippen LogP contribution in [0.25, 0.3) is 6.08 Å². The second-order valence-electron chi connectivity index (χ2n) is 6.73. The van der Waals surface area contributed by atoms with Gasteiger partial charge in [0.15, 0.2) is 11.5 Å². The van der Waals surface area contributed by atoms with E-state index in [0.717, 1.165) is 11.3 Å². The van der Waals surface area contributed by atoms with Gasteiger partial charge in [-0.05, 0) is 56.2 Å². The zero-order valence-electron chi connectivity index (χ0n) is 17.3. The van der Waals surface area contributed by atoms with E-state index in [1.165, 1.54) is 10.8 Å². The van der Waals surface area contributed by atoms with E-state index in [2.05, 4.69) is 5.10 Å². The van der Waals surface area contributed by atoms with Crippen molar-refractivity contribution in [3.8, 4) is 17.6 Å². The van der Waals surface area contributed by atoms with Gasteiger partial charge in [-0.3, -0.25) is 4.79 Å². The largest absolute Gasteiger partial charge is 0.490 e. The second-order valence-corrected chi connectivity index (χ2v) is 6.73. The Bertz CT molecular complexity index is 1110. The van der Waals surface area contributed by atoms with Gasteiger partial charge in [-0.15, -0.1) is 0 Å².